The normalized spacial score (nSPS) is 23.7. The molecule has 0 bridgehead atoms. The first-order valence-corrected chi connectivity index (χ1v) is 5.47. The molecule has 1 heterocycles. The lowest BCUT2D eigenvalue weighted by molar-refractivity contribution is -0.117. The van der Waals surface area contributed by atoms with E-state index in [0.717, 1.165) is 0 Å². The third-order valence-corrected chi connectivity index (χ3v) is 2.67. The predicted octanol–water partition coefficient (Wildman–Crippen LogP) is 1.59. The molecule has 1 aliphatic heterocycles. The summed E-state index contributed by atoms with van der Waals surface area (Å²) in [6.07, 6.45) is 0.301. The van der Waals surface area contributed by atoms with Crippen LogP contribution in [-0.2, 0) is 14.3 Å². The van der Waals surface area contributed by atoms with E-state index in [1.165, 1.54) is 0 Å². The molecule has 0 saturated carbocycles. The summed E-state index contributed by atoms with van der Waals surface area (Å²) in [5.74, 6) is -0.349. The molecular formula is C13H14O4. The number of carbonyl (C=O) groups is 2. The molecule has 1 aliphatic rings. The van der Waals surface area contributed by atoms with Crippen LogP contribution in [0.3, 0.4) is 0 Å². The Morgan fingerprint density at radius 1 is 1.41 bits per heavy atom. The molecule has 0 spiro atoms. The van der Waals surface area contributed by atoms with E-state index in [-0.39, 0.29) is 19.0 Å². The van der Waals surface area contributed by atoms with Gasteiger partial charge in [-0.2, -0.15) is 0 Å². The van der Waals surface area contributed by atoms with E-state index in [2.05, 4.69) is 0 Å². The minimum atomic E-state index is -0.665. The van der Waals surface area contributed by atoms with E-state index in [1.54, 1.807) is 31.2 Å². The summed E-state index contributed by atoms with van der Waals surface area (Å²) < 4.78 is 10.5. The van der Waals surface area contributed by atoms with Crippen molar-refractivity contribution in [3.63, 3.8) is 0 Å². The highest BCUT2D eigenvalue weighted by atomic mass is 16.6. The fraction of sp³-hybridized carbons (Fsp3) is 0.385. The lowest BCUT2D eigenvalue weighted by atomic mass is 10.0. The summed E-state index contributed by atoms with van der Waals surface area (Å²) in [5, 5.41) is 0. The Bertz CT molecular complexity index is 426. The number of rotatable bonds is 3. The van der Waals surface area contributed by atoms with Gasteiger partial charge < -0.3 is 9.47 Å². The van der Waals surface area contributed by atoms with Crippen molar-refractivity contribution < 1.29 is 19.1 Å². The van der Waals surface area contributed by atoms with Crippen LogP contribution in [0.1, 0.15) is 23.7 Å². The fourth-order valence-electron chi connectivity index (χ4n) is 1.74. The van der Waals surface area contributed by atoms with E-state index in [1.807, 2.05) is 6.07 Å². The van der Waals surface area contributed by atoms with E-state index >= 15 is 0 Å². The number of hydrogen-bond acceptors (Lipinski definition) is 4. The molecule has 0 radical (unpaired) electrons. The maximum atomic E-state index is 11.7. The summed E-state index contributed by atoms with van der Waals surface area (Å²) in [4.78, 5) is 22.8. The standard InChI is InChI=1S/C13H14O4/c1-13(7-11(14)8-17-13)9-16-12(15)10-5-3-2-4-6-10/h2-6H,7-9H2,1H3. The number of ether oxygens (including phenoxy) is 2. The number of ketones is 1. The molecule has 4 heteroatoms. The fourth-order valence-corrected chi connectivity index (χ4v) is 1.74. The molecule has 0 amide bonds. The third-order valence-electron chi connectivity index (χ3n) is 2.67. The lowest BCUT2D eigenvalue weighted by Gasteiger charge is -2.21. The quantitative estimate of drug-likeness (QED) is 0.745. The third kappa shape index (κ3) is 2.91. The SMILES string of the molecule is CC1(COC(=O)c2ccccc2)CC(=O)CO1. The van der Waals surface area contributed by atoms with Crippen molar-refractivity contribution in [1.29, 1.82) is 0 Å². The van der Waals surface area contributed by atoms with Crippen molar-refractivity contribution in [2.45, 2.75) is 18.9 Å². The Kier molecular flexibility index (Phi) is 3.24. The highest BCUT2D eigenvalue weighted by molar-refractivity contribution is 5.89. The van der Waals surface area contributed by atoms with Gasteiger partial charge in [-0.1, -0.05) is 18.2 Å². The largest absolute Gasteiger partial charge is 0.459 e. The van der Waals surface area contributed by atoms with Gasteiger partial charge in [-0.05, 0) is 19.1 Å². The minimum absolute atomic E-state index is 0.0447. The van der Waals surface area contributed by atoms with Gasteiger partial charge in [0.15, 0.2) is 5.78 Å². The first-order chi connectivity index (χ1) is 8.09. The average Bonchev–Trinajstić information content (AvgIpc) is 2.68. The Morgan fingerprint density at radius 3 is 2.71 bits per heavy atom. The molecule has 17 heavy (non-hydrogen) atoms. The second kappa shape index (κ2) is 4.67. The Morgan fingerprint density at radius 2 is 2.12 bits per heavy atom. The van der Waals surface area contributed by atoms with Crippen molar-refractivity contribution in [3.8, 4) is 0 Å². The molecule has 90 valence electrons. The first-order valence-electron chi connectivity index (χ1n) is 5.47. The molecule has 4 nitrogen and oxygen atoms in total. The van der Waals surface area contributed by atoms with Gasteiger partial charge in [-0.15, -0.1) is 0 Å². The van der Waals surface area contributed by atoms with Crippen LogP contribution < -0.4 is 0 Å². The summed E-state index contributed by atoms with van der Waals surface area (Å²) in [7, 11) is 0. The van der Waals surface area contributed by atoms with Gasteiger partial charge in [0.05, 0.1) is 5.56 Å². The molecule has 0 N–H and O–H groups in total. The molecule has 1 aromatic rings. The maximum Gasteiger partial charge on any atom is 0.338 e. The molecular weight excluding hydrogens is 220 g/mol. The molecule has 0 aromatic heterocycles. The topological polar surface area (TPSA) is 52.6 Å². The van der Waals surface area contributed by atoms with Crippen LogP contribution in [0, 0.1) is 0 Å². The van der Waals surface area contributed by atoms with Crippen molar-refractivity contribution in [1.82, 2.24) is 0 Å². The number of benzene rings is 1. The van der Waals surface area contributed by atoms with E-state index in [0.29, 0.717) is 12.0 Å². The van der Waals surface area contributed by atoms with Crippen LogP contribution in [-0.4, -0.2) is 30.6 Å². The number of Topliss-reactive ketones (excluding diaryl/α,β-unsaturated/α-hetero) is 1. The van der Waals surface area contributed by atoms with Crippen LogP contribution in [0.2, 0.25) is 0 Å². The van der Waals surface area contributed by atoms with Crippen molar-refractivity contribution in [2.24, 2.45) is 0 Å². The summed E-state index contributed by atoms with van der Waals surface area (Å²) in [5.41, 5.74) is -0.165. The molecule has 1 saturated heterocycles. The van der Waals surface area contributed by atoms with Crippen LogP contribution in [0.25, 0.3) is 0 Å². The zero-order valence-corrected chi connectivity index (χ0v) is 9.64. The first kappa shape index (κ1) is 11.8. The van der Waals surface area contributed by atoms with Gasteiger partial charge in [0.2, 0.25) is 0 Å². The Balaban J connectivity index is 1.91. The van der Waals surface area contributed by atoms with E-state index in [9.17, 15) is 9.59 Å². The highest BCUT2D eigenvalue weighted by Crippen LogP contribution is 2.23. The van der Waals surface area contributed by atoms with Crippen molar-refractivity contribution >= 4 is 11.8 Å². The molecule has 2 rings (SSSR count). The molecule has 1 unspecified atom stereocenters. The summed E-state index contributed by atoms with van der Waals surface area (Å²) in [6.45, 7) is 1.99. The number of carbonyl (C=O) groups excluding carboxylic acids is 2. The second-order valence-electron chi connectivity index (χ2n) is 4.40. The number of esters is 1. The lowest BCUT2D eigenvalue weighted by Crippen LogP contribution is -2.31. The van der Waals surface area contributed by atoms with Crippen LogP contribution in [0.4, 0.5) is 0 Å². The Hall–Kier alpha value is -1.68. The molecule has 1 aromatic carbocycles. The Labute approximate surface area is 99.5 Å². The van der Waals surface area contributed by atoms with Gasteiger partial charge in [-0.3, -0.25) is 4.79 Å². The van der Waals surface area contributed by atoms with E-state index in [4.69, 9.17) is 9.47 Å². The second-order valence-corrected chi connectivity index (χ2v) is 4.40. The number of hydrogen-bond donors (Lipinski definition) is 0. The summed E-state index contributed by atoms with van der Waals surface area (Å²) >= 11 is 0. The molecule has 1 fully saturated rings. The van der Waals surface area contributed by atoms with Crippen LogP contribution in [0.15, 0.2) is 30.3 Å². The van der Waals surface area contributed by atoms with Crippen LogP contribution in [0.5, 0.6) is 0 Å². The monoisotopic (exact) mass is 234 g/mol. The van der Waals surface area contributed by atoms with Gasteiger partial charge in [0.25, 0.3) is 0 Å². The van der Waals surface area contributed by atoms with Crippen molar-refractivity contribution in [2.75, 3.05) is 13.2 Å². The smallest absolute Gasteiger partial charge is 0.338 e. The van der Waals surface area contributed by atoms with Crippen molar-refractivity contribution in [3.05, 3.63) is 35.9 Å². The predicted molar refractivity (Wildman–Crippen MR) is 60.7 cm³/mol. The van der Waals surface area contributed by atoms with Crippen LogP contribution >= 0.6 is 0 Å². The molecule has 1 atom stereocenters. The highest BCUT2D eigenvalue weighted by Gasteiger charge is 2.36. The zero-order valence-electron chi connectivity index (χ0n) is 9.64. The van der Waals surface area contributed by atoms with E-state index < -0.39 is 11.6 Å². The van der Waals surface area contributed by atoms with Gasteiger partial charge in [0.1, 0.15) is 18.8 Å². The average molecular weight is 234 g/mol. The van der Waals surface area contributed by atoms with Gasteiger partial charge >= 0.3 is 5.97 Å². The maximum absolute atomic E-state index is 11.7. The van der Waals surface area contributed by atoms with Gasteiger partial charge in [0, 0.05) is 6.42 Å². The molecule has 0 aliphatic carbocycles. The summed E-state index contributed by atoms with van der Waals surface area (Å²) in [6, 6.07) is 8.75. The minimum Gasteiger partial charge on any atom is -0.459 e. The zero-order chi connectivity index (χ0) is 12.3. The van der Waals surface area contributed by atoms with Gasteiger partial charge in [-0.25, -0.2) is 4.79 Å².